The molecule has 136 valence electrons. The van der Waals surface area contributed by atoms with Crippen LogP contribution in [0.5, 0.6) is 5.75 Å². The van der Waals surface area contributed by atoms with Crippen LogP contribution in [-0.2, 0) is 17.9 Å². The topological polar surface area (TPSA) is 58.6 Å². The highest BCUT2D eigenvalue weighted by atomic mass is 32.2. The maximum absolute atomic E-state index is 12.0. The third-order valence-corrected chi connectivity index (χ3v) is 4.98. The summed E-state index contributed by atoms with van der Waals surface area (Å²) in [7, 11) is 0. The predicted molar refractivity (Wildman–Crippen MR) is 103 cm³/mol. The molecule has 1 heterocycles. The lowest BCUT2D eigenvalue weighted by molar-refractivity contribution is -0.121. The van der Waals surface area contributed by atoms with Crippen molar-refractivity contribution in [2.45, 2.75) is 19.6 Å². The average molecular weight is 370 g/mol. The van der Waals surface area contributed by atoms with Crippen LogP contribution < -0.4 is 10.1 Å². The average Bonchev–Trinajstić information content (AvgIpc) is 3.09. The van der Waals surface area contributed by atoms with Crippen LogP contribution in [0.15, 0.2) is 54.6 Å². The molecule has 0 atom stereocenters. The van der Waals surface area contributed by atoms with E-state index in [1.807, 2.05) is 54.6 Å². The van der Waals surface area contributed by atoms with Gasteiger partial charge in [0.1, 0.15) is 12.4 Å². The maximum Gasteiger partial charge on any atom is 0.281 e. The van der Waals surface area contributed by atoms with E-state index in [1.165, 1.54) is 11.8 Å². The van der Waals surface area contributed by atoms with Crippen LogP contribution in [0.3, 0.4) is 0 Å². The molecule has 2 aromatic rings. The summed E-state index contributed by atoms with van der Waals surface area (Å²) < 4.78 is 5.75. The molecule has 2 aromatic carbocycles. The molecular formula is C20H22N2O3S. The molecule has 3 rings (SSSR count). The lowest BCUT2D eigenvalue weighted by Crippen LogP contribution is -2.30. The van der Waals surface area contributed by atoms with Gasteiger partial charge in [-0.2, -0.15) is 0 Å². The van der Waals surface area contributed by atoms with E-state index >= 15 is 0 Å². The number of carbonyl (C=O) groups is 2. The number of nitrogens with zero attached hydrogens (tertiary/aromatic N) is 1. The first-order valence-electron chi connectivity index (χ1n) is 8.65. The Hall–Kier alpha value is -2.47. The van der Waals surface area contributed by atoms with Crippen LogP contribution in [0.2, 0.25) is 0 Å². The highest BCUT2D eigenvalue weighted by molar-refractivity contribution is 8.13. The Bertz CT molecular complexity index is 752. The van der Waals surface area contributed by atoms with Gasteiger partial charge in [-0.25, -0.2) is 0 Å². The zero-order valence-electron chi connectivity index (χ0n) is 14.5. The summed E-state index contributed by atoms with van der Waals surface area (Å²) in [6, 6.07) is 17.7. The maximum atomic E-state index is 12.0. The number of amides is 2. The number of nitrogens with one attached hydrogen (secondary N) is 1. The van der Waals surface area contributed by atoms with Gasteiger partial charge in [-0.1, -0.05) is 54.2 Å². The first kappa shape index (κ1) is 18.3. The van der Waals surface area contributed by atoms with Crippen molar-refractivity contribution in [2.75, 3.05) is 18.8 Å². The minimum absolute atomic E-state index is 0.0411. The third kappa shape index (κ3) is 5.52. The fourth-order valence-electron chi connectivity index (χ4n) is 2.67. The molecule has 1 fully saturated rings. The highest BCUT2D eigenvalue weighted by Gasteiger charge is 2.21. The first-order chi connectivity index (χ1) is 12.7. The molecule has 6 heteroatoms. The number of benzene rings is 2. The molecule has 1 aliphatic rings. The van der Waals surface area contributed by atoms with Crippen molar-refractivity contribution in [1.29, 1.82) is 0 Å². The van der Waals surface area contributed by atoms with Crippen LogP contribution in [-0.4, -0.2) is 34.9 Å². The van der Waals surface area contributed by atoms with E-state index in [-0.39, 0.29) is 11.1 Å². The van der Waals surface area contributed by atoms with Crippen molar-refractivity contribution >= 4 is 22.9 Å². The lowest BCUT2D eigenvalue weighted by Gasteiger charge is -2.14. The van der Waals surface area contributed by atoms with Crippen molar-refractivity contribution in [1.82, 2.24) is 10.2 Å². The zero-order chi connectivity index (χ0) is 18.2. The van der Waals surface area contributed by atoms with Crippen LogP contribution in [0.1, 0.15) is 17.5 Å². The molecule has 0 saturated carbocycles. The summed E-state index contributed by atoms with van der Waals surface area (Å²) in [5.74, 6) is 1.61. The van der Waals surface area contributed by atoms with E-state index in [9.17, 15) is 9.59 Å². The van der Waals surface area contributed by atoms with E-state index in [1.54, 1.807) is 4.90 Å². The summed E-state index contributed by atoms with van der Waals surface area (Å²) >= 11 is 1.32. The molecule has 1 aliphatic heterocycles. The van der Waals surface area contributed by atoms with Crippen LogP contribution in [0.25, 0.3) is 0 Å². The molecule has 1 N–H and O–H groups in total. The van der Waals surface area contributed by atoms with Crippen molar-refractivity contribution in [3.63, 3.8) is 0 Å². The Balaban J connectivity index is 1.43. The molecule has 5 nitrogen and oxygen atoms in total. The fourth-order valence-corrected chi connectivity index (χ4v) is 3.52. The molecule has 0 aliphatic carbocycles. The van der Waals surface area contributed by atoms with Gasteiger partial charge in [-0.15, -0.1) is 0 Å². The Morgan fingerprint density at radius 3 is 2.69 bits per heavy atom. The molecule has 1 saturated heterocycles. The van der Waals surface area contributed by atoms with Gasteiger partial charge < -0.3 is 15.0 Å². The molecule has 2 amide bonds. The second-order valence-electron chi connectivity index (χ2n) is 6.05. The Kier molecular flexibility index (Phi) is 6.55. The van der Waals surface area contributed by atoms with Crippen molar-refractivity contribution in [2.24, 2.45) is 0 Å². The van der Waals surface area contributed by atoms with E-state index in [0.717, 1.165) is 29.2 Å². The summed E-state index contributed by atoms with van der Waals surface area (Å²) in [6.45, 7) is 2.18. The van der Waals surface area contributed by atoms with Gasteiger partial charge >= 0.3 is 0 Å². The minimum Gasteiger partial charge on any atom is -0.489 e. The number of thioether (sulfide) groups is 1. The molecule has 0 spiro atoms. The number of rotatable bonds is 8. The zero-order valence-corrected chi connectivity index (χ0v) is 15.3. The Labute approximate surface area is 157 Å². The molecule has 0 aromatic heterocycles. The summed E-state index contributed by atoms with van der Waals surface area (Å²) in [5.41, 5.74) is 2.08. The Morgan fingerprint density at radius 2 is 1.92 bits per heavy atom. The van der Waals surface area contributed by atoms with Crippen molar-refractivity contribution in [3.05, 3.63) is 65.7 Å². The van der Waals surface area contributed by atoms with E-state index in [0.29, 0.717) is 26.1 Å². The summed E-state index contributed by atoms with van der Waals surface area (Å²) in [6.07, 6.45) is 0.336. The van der Waals surface area contributed by atoms with Crippen molar-refractivity contribution < 1.29 is 14.3 Å². The van der Waals surface area contributed by atoms with Crippen molar-refractivity contribution in [3.8, 4) is 5.75 Å². The number of carbonyl (C=O) groups excluding carboxylic acids is 2. The largest absolute Gasteiger partial charge is 0.489 e. The molecule has 0 bridgehead atoms. The SMILES string of the molecule is O=C(CCN1CCSC1=O)NCc1cccc(COc2ccccc2)c1. The van der Waals surface area contributed by atoms with E-state index in [4.69, 9.17) is 4.74 Å². The van der Waals surface area contributed by atoms with Gasteiger partial charge in [0.15, 0.2) is 0 Å². The highest BCUT2D eigenvalue weighted by Crippen LogP contribution is 2.17. The predicted octanol–water partition coefficient (Wildman–Crippen LogP) is 3.44. The van der Waals surface area contributed by atoms with Gasteiger partial charge in [-0.3, -0.25) is 9.59 Å². The minimum atomic E-state index is -0.0411. The second kappa shape index (κ2) is 9.29. The van der Waals surface area contributed by atoms with E-state index < -0.39 is 0 Å². The van der Waals surface area contributed by atoms with Gasteiger partial charge in [0, 0.05) is 31.8 Å². The van der Waals surface area contributed by atoms with Gasteiger partial charge in [0.05, 0.1) is 0 Å². The fraction of sp³-hybridized carbons (Fsp3) is 0.300. The summed E-state index contributed by atoms with van der Waals surface area (Å²) in [5, 5.41) is 2.99. The molecular weight excluding hydrogens is 348 g/mol. The monoisotopic (exact) mass is 370 g/mol. The normalized spacial score (nSPS) is 13.7. The number of hydrogen-bond donors (Lipinski definition) is 1. The third-order valence-electron chi connectivity index (χ3n) is 4.08. The van der Waals surface area contributed by atoms with E-state index in [2.05, 4.69) is 5.32 Å². The standard InChI is InChI=1S/C20H22N2O3S/c23-19(9-10-22-11-12-26-20(22)24)21-14-16-5-4-6-17(13-16)15-25-18-7-2-1-3-8-18/h1-8,13H,9-12,14-15H2,(H,21,23). The lowest BCUT2D eigenvalue weighted by atomic mass is 10.1. The van der Waals surface area contributed by atoms with Gasteiger partial charge in [-0.05, 0) is 23.3 Å². The molecule has 0 unspecified atom stereocenters. The van der Waals surface area contributed by atoms with Crippen LogP contribution >= 0.6 is 11.8 Å². The molecule has 26 heavy (non-hydrogen) atoms. The number of hydrogen-bond acceptors (Lipinski definition) is 4. The van der Waals surface area contributed by atoms with Gasteiger partial charge in [0.25, 0.3) is 5.24 Å². The summed E-state index contributed by atoms with van der Waals surface area (Å²) in [4.78, 5) is 25.2. The van der Waals surface area contributed by atoms with Crippen LogP contribution in [0.4, 0.5) is 4.79 Å². The van der Waals surface area contributed by atoms with Crippen LogP contribution in [0, 0.1) is 0 Å². The van der Waals surface area contributed by atoms with Gasteiger partial charge in [0.2, 0.25) is 5.91 Å². The quantitative estimate of drug-likeness (QED) is 0.773. The second-order valence-corrected chi connectivity index (χ2v) is 7.10. The number of para-hydroxylation sites is 1. The smallest absolute Gasteiger partial charge is 0.281 e. The Morgan fingerprint density at radius 1 is 1.12 bits per heavy atom. The number of ether oxygens (including phenoxy) is 1. The first-order valence-corrected chi connectivity index (χ1v) is 9.63. The molecule has 0 radical (unpaired) electrons.